The molecule has 0 saturated heterocycles. The van der Waals surface area contributed by atoms with Crippen LogP contribution in [0.3, 0.4) is 0 Å². The van der Waals surface area contributed by atoms with E-state index in [1.807, 2.05) is 6.07 Å². The van der Waals surface area contributed by atoms with Crippen molar-refractivity contribution in [3.8, 4) is 23.0 Å². The Hall–Kier alpha value is -4.27. The van der Waals surface area contributed by atoms with Gasteiger partial charge in [0.2, 0.25) is 5.91 Å². The first kappa shape index (κ1) is 23.9. The predicted octanol–water partition coefficient (Wildman–Crippen LogP) is 3.67. The van der Waals surface area contributed by atoms with Crippen molar-refractivity contribution in [3.05, 3.63) is 71.5 Å². The summed E-state index contributed by atoms with van der Waals surface area (Å²) in [6, 6.07) is 11.4. The van der Waals surface area contributed by atoms with Gasteiger partial charge in [0.15, 0.2) is 11.5 Å². The van der Waals surface area contributed by atoms with E-state index in [0.717, 1.165) is 5.56 Å². The quantitative estimate of drug-likeness (QED) is 0.554. The standard InChI is InChI=1S/C26H27N3O6/c1-29-24(15-7-6-10-27-14-15)23(17-12-21(34-4)22(35-5)13-18(17)26(29)31)25(30)28-19-11-16(32-2)8-9-20(19)33-3/h6-14,23-24H,1-5H3,(H,28,30). The highest BCUT2D eigenvalue weighted by atomic mass is 16.5. The van der Waals surface area contributed by atoms with Crippen LogP contribution in [0.15, 0.2) is 54.9 Å². The van der Waals surface area contributed by atoms with Crippen molar-refractivity contribution in [3.63, 3.8) is 0 Å². The Labute approximate surface area is 203 Å². The highest BCUT2D eigenvalue weighted by Gasteiger charge is 2.44. The van der Waals surface area contributed by atoms with Crippen molar-refractivity contribution in [1.29, 1.82) is 0 Å². The minimum absolute atomic E-state index is 0.238. The molecule has 2 unspecified atom stereocenters. The van der Waals surface area contributed by atoms with Gasteiger partial charge in [0, 0.05) is 31.1 Å². The lowest BCUT2D eigenvalue weighted by molar-refractivity contribution is -0.119. The summed E-state index contributed by atoms with van der Waals surface area (Å²) in [4.78, 5) is 33.1. The lowest BCUT2D eigenvalue weighted by Crippen LogP contribution is -2.44. The molecule has 2 amide bonds. The first-order valence-electron chi connectivity index (χ1n) is 10.9. The SMILES string of the molecule is COc1ccc(OC)c(NC(=O)C2c3cc(OC)c(OC)cc3C(=O)N(C)C2c2cccnc2)c1. The molecule has 35 heavy (non-hydrogen) atoms. The largest absolute Gasteiger partial charge is 0.497 e. The lowest BCUT2D eigenvalue weighted by atomic mass is 9.79. The second-order valence-electron chi connectivity index (χ2n) is 7.97. The van der Waals surface area contributed by atoms with Crippen molar-refractivity contribution < 1.29 is 28.5 Å². The number of rotatable bonds is 7. The Balaban J connectivity index is 1.88. The van der Waals surface area contributed by atoms with E-state index in [2.05, 4.69) is 10.3 Å². The molecule has 3 aromatic rings. The summed E-state index contributed by atoms with van der Waals surface area (Å²) in [6.45, 7) is 0. The maximum Gasteiger partial charge on any atom is 0.254 e. The molecule has 1 N–H and O–H groups in total. The number of methoxy groups -OCH3 is 4. The Kier molecular flexibility index (Phi) is 6.77. The molecule has 182 valence electrons. The highest BCUT2D eigenvalue weighted by molar-refractivity contribution is 6.05. The number of nitrogens with zero attached hydrogens (tertiary/aromatic N) is 2. The van der Waals surface area contributed by atoms with Crippen LogP contribution in [0, 0.1) is 0 Å². The molecular formula is C26H27N3O6. The van der Waals surface area contributed by atoms with Crippen molar-refractivity contribution in [2.75, 3.05) is 40.8 Å². The molecule has 4 rings (SSSR count). The zero-order valence-corrected chi connectivity index (χ0v) is 20.2. The third-order valence-corrected chi connectivity index (χ3v) is 6.15. The molecule has 0 saturated carbocycles. The molecule has 1 aliphatic rings. The minimum Gasteiger partial charge on any atom is -0.497 e. The van der Waals surface area contributed by atoms with E-state index in [9.17, 15) is 9.59 Å². The normalized spacial score (nSPS) is 16.8. The van der Waals surface area contributed by atoms with E-state index in [-0.39, 0.29) is 11.8 Å². The number of amides is 2. The smallest absolute Gasteiger partial charge is 0.254 e. The molecule has 2 atom stereocenters. The summed E-state index contributed by atoms with van der Waals surface area (Å²) in [5.74, 6) is 0.507. The number of benzene rings is 2. The van der Waals surface area contributed by atoms with Crippen LogP contribution in [0.4, 0.5) is 5.69 Å². The number of ether oxygens (including phenoxy) is 4. The minimum atomic E-state index is -0.785. The summed E-state index contributed by atoms with van der Waals surface area (Å²) in [7, 11) is 7.75. The Bertz CT molecular complexity index is 1250. The van der Waals surface area contributed by atoms with Crippen LogP contribution in [0.5, 0.6) is 23.0 Å². The van der Waals surface area contributed by atoms with Gasteiger partial charge in [-0.2, -0.15) is 0 Å². The fourth-order valence-corrected chi connectivity index (χ4v) is 4.42. The molecule has 9 nitrogen and oxygen atoms in total. The van der Waals surface area contributed by atoms with Crippen LogP contribution in [-0.4, -0.2) is 57.2 Å². The molecule has 0 fully saturated rings. The fourth-order valence-electron chi connectivity index (χ4n) is 4.42. The van der Waals surface area contributed by atoms with Crippen molar-refractivity contribution >= 4 is 17.5 Å². The van der Waals surface area contributed by atoms with Crippen LogP contribution in [0.1, 0.15) is 33.4 Å². The number of pyridine rings is 1. The summed E-state index contributed by atoms with van der Waals surface area (Å²) >= 11 is 0. The number of likely N-dealkylation sites (N-methyl/N-ethyl adjacent to an activating group) is 1. The maximum atomic E-state index is 14.0. The third-order valence-electron chi connectivity index (χ3n) is 6.15. The molecular weight excluding hydrogens is 450 g/mol. The zero-order chi connectivity index (χ0) is 25.1. The van der Waals surface area contributed by atoms with E-state index in [4.69, 9.17) is 18.9 Å². The van der Waals surface area contributed by atoms with Gasteiger partial charge >= 0.3 is 0 Å². The molecule has 9 heteroatoms. The number of aromatic nitrogens is 1. The van der Waals surface area contributed by atoms with Gasteiger partial charge in [-0.3, -0.25) is 14.6 Å². The number of hydrogen-bond acceptors (Lipinski definition) is 7. The maximum absolute atomic E-state index is 14.0. The summed E-state index contributed by atoms with van der Waals surface area (Å²) < 4.78 is 21.7. The van der Waals surface area contributed by atoms with Crippen molar-refractivity contribution in [2.45, 2.75) is 12.0 Å². The van der Waals surface area contributed by atoms with Gasteiger partial charge in [-0.1, -0.05) is 6.07 Å². The fraction of sp³-hybridized carbons (Fsp3) is 0.269. The predicted molar refractivity (Wildman–Crippen MR) is 130 cm³/mol. The molecule has 2 aromatic carbocycles. The van der Waals surface area contributed by atoms with E-state index >= 15 is 0 Å². The van der Waals surface area contributed by atoms with Crippen LogP contribution in [-0.2, 0) is 4.79 Å². The first-order chi connectivity index (χ1) is 16.9. The van der Waals surface area contributed by atoms with Gasteiger partial charge in [0.25, 0.3) is 5.91 Å². The van der Waals surface area contributed by atoms with Gasteiger partial charge in [-0.05, 0) is 41.5 Å². The molecule has 0 bridgehead atoms. The Morgan fingerprint density at radius 2 is 1.66 bits per heavy atom. The third kappa shape index (κ3) is 4.32. The number of anilines is 1. The van der Waals surface area contributed by atoms with E-state index in [1.165, 1.54) is 21.3 Å². The number of carbonyl (C=O) groups excluding carboxylic acids is 2. The first-order valence-corrected chi connectivity index (χ1v) is 10.9. The van der Waals surface area contributed by atoms with Gasteiger partial charge in [-0.15, -0.1) is 0 Å². The van der Waals surface area contributed by atoms with E-state index < -0.39 is 12.0 Å². The van der Waals surface area contributed by atoms with Crippen LogP contribution >= 0.6 is 0 Å². The second kappa shape index (κ2) is 9.92. The topological polar surface area (TPSA) is 99.2 Å². The van der Waals surface area contributed by atoms with Crippen LogP contribution in [0.25, 0.3) is 0 Å². The molecule has 2 heterocycles. The Morgan fingerprint density at radius 3 is 2.29 bits per heavy atom. The molecule has 0 spiro atoms. The number of nitrogens with one attached hydrogen (secondary N) is 1. The van der Waals surface area contributed by atoms with Crippen molar-refractivity contribution in [2.24, 2.45) is 0 Å². The van der Waals surface area contributed by atoms with Crippen LogP contribution in [0.2, 0.25) is 0 Å². The molecule has 0 radical (unpaired) electrons. The number of carbonyl (C=O) groups is 2. The van der Waals surface area contributed by atoms with E-state index in [0.29, 0.717) is 39.8 Å². The average Bonchev–Trinajstić information content (AvgIpc) is 2.90. The van der Waals surface area contributed by atoms with Gasteiger partial charge in [-0.25, -0.2) is 0 Å². The molecule has 1 aliphatic heterocycles. The molecule has 1 aromatic heterocycles. The second-order valence-corrected chi connectivity index (χ2v) is 7.97. The van der Waals surface area contributed by atoms with Gasteiger partial charge < -0.3 is 29.2 Å². The lowest BCUT2D eigenvalue weighted by Gasteiger charge is -2.40. The number of fused-ring (bicyclic) bond motifs is 1. The van der Waals surface area contributed by atoms with Gasteiger partial charge in [0.05, 0.1) is 46.1 Å². The highest BCUT2D eigenvalue weighted by Crippen LogP contribution is 2.46. The van der Waals surface area contributed by atoms with Crippen LogP contribution < -0.4 is 24.3 Å². The summed E-state index contributed by atoms with van der Waals surface area (Å²) in [5.41, 5.74) is 2.06. The summed E-state index contributed by atoms with van der Waals surface area (Å²) in [6.07, 6.45) is 3.30. The van der Waals surface area contributed by atoms with Gasteiger partial charge in [0.1, 0.15) is 11.5 Å². The monoisotopic (exact) mass is 477 g/mol. The molecule has 0 aliphatic carbocycles. The number of hydrogen-bond donors (Lipinski definition) is 1. The Morgan fingerprint density at radius 1 is 0.943 bits per heavy atom. The average molecular weight is 478 g/mol. The van der Waals surface area contributed by atoms with E-state index in [1.54, 1.807) is 67.8 Å². The zero-order valence-electron chi connectivity index (χ0n) is 20.2. The summed E-state index contributed by atoms with van der Waals surface area (Å²) in [5, 5.41) is 2.97. The van der Waals surface area contributed by atoms with Crippen molar-refractivity contribution in [1.82, 2.24) is 9.88 Å².